The molecule has 0 aliphatic rings. The second-order valence-corrected chi connectivity index (χ2v) is 4.44. The van der Waals surface area contributed by atoms with Crippen LogP contribution in [0.3, 0.4) is 0 Å². The average molecular weight is 217 g/mol. The van der Waals surface area contributed by atoms with Crippen LogP contribution in [-0.2, 0) is 0 Å². The molecule has 0 saturated carbocycles. The summed E-state index contributed by atoms with van der Waals surface area (Å²) in [6.07, 6.45) is 5.97. The second kappa shape index (κ2) is 10.4. The van der Waals surface area contributed by atoms with Crippen molar-refractivity contribution in [2.75, 3.05) is 13.1 Å². The molecule has 0 bridgehead atoms. The van der Waals surface area contributed by atoms with Crippen LogP contribution in [0.1, 0.15) is 52.4 Å². The van der Waals surface area contributed by atoms with Crippen LogP contribution in [-0.4, -0.2) is 35.5 Å². The van der Waals surface area contributed by atoms with E-state index in [0.29, 0.717) is 0 Å². The standard InChI is InChI=1S/C12H27NO2/c1-11(14)7-3-5-9-13-10-6-4-8-12(2)15/h11-15H,3-10H2,1-2H3. The van der Waals surface area contributed by atoms with Gasteiger partial charge < -0.3 is 15.5 Å². The van der Waals surface area contributed by atoms with Gasteiger partial charge in [0.15, 0.2) is 0 Å². The molecule has 0 aromatic carbocycles. The highest BCUT2D eigenvalue weighted by Gasteiger charge is 1.96. The van der Waals surface area contributed by atoms with E-state index in [1.54, 1.807) is 0 Å². The van der Waals surface area contributed by atoms with Gasteiger partial charge >= 0.3 is 0 Å². The summed E-state index contributed by atoms with van der Waals surface area (Å²) in [7, 11) is 0. The SMILES string of the molecule is CC(O)CCCCNCCCCC(C)O. The maximum atomic E-state index is 9.03. The van der Waals surface area contributed by atoms with E-state index in [9.17, 15) is 0 Å². The number of unbranched alkanes of at least 4 members (excludes halogenated alkanes) is 2. The van der Waals surface area contributed by atoms with Crippen molar-refractivity contribution in [2.24, 2.45) is 0 Å². The van der Waals surface area contributed by atoms with E-state index in [1.807, 2.05) is 13.8 Å². The average Bonchev–Trinajstić information content (AvgIpc) is 2.14. The van der Waals surface area contributed by atoms with Crippen LogP contribution in [0.15, 0.2) is 0 Å². The molecule has 15 heavy (non-hydrogen) atoms. The van der Waals surface area contributed by atoms with Crippen molar-refractivity contribution >= 4 is 0 Å². The van der Waals surface area contributed by atoms with Crippen LogP contribution >= 0.6 is 0 Å². The zero-order chi connectivity index (χ0) is 11.5. The third-order valence-corrected chi connectivity index (χ3v) is 2.45. The van der Waals surface area contributed by atoms with Gasteiger partial charge in [-0.15, -0.1) is 0 Å². The first-order chi connectivity index (χ1) is 7.13. The van der Waals surface area contributed by atoms with E-state index in [2.05, 4.69) is 5.32 Å². The third-order valence-electron chi connectivity index (χ3n) is 2.45. The van der Waals surface area contributed by atoms with Gasteiger partial charge in [0.2, 0.25) is 0 Å². The predicted octanol–water partition coefficient (Wildman–Crippen LogP) is 1.68. The van der Waals surface area contributed by atoms with E-state index >= 15 is 0 Å². The van der Waals surface area contributed by atoms with Gasteiger partial charge in [-0.05, 0) is 65.5 Å². The summed E-state index contributed by atoms with van der Waals surface area (Å²) in [4.78, 5) is 0. The quantitative estimate of drug-likeness (QED) is 0.488. The number of aliphatic hydroxyl groups is 2. The summed E-state index contributed by atoms with van der Waals surface area (Å²) < 4.78 is 0. The first-order valence-electron chi connectivity index (χ1n) is 6.19. The van der Waals surface area contributed by atoms with Crippen molar-refractivity contribution in [3.63, 3.8) is 0 Å². The highest BCUT2D eigenvalue weighted by molar-refractivity contribution is 4.53. The third kappa shape index (κ3) is 13.9. The minimum absolute atomic E-state index is 0.156. The Morgan fingerprint density at radius 3 is 1.53 bits per heavy atom. The van der Waals surface area contributed by atoms with Gasteiger partial charge in [0.25, 0.3) is 0 Å². The minimum Gasteiger partial charge on any atom is -0.393 e. The van der Waals surface area contributed by atoms with E-state index in [1.165, 1.54) is 0 Å². The number of rotatable bonds is 10. The molecule has 0 aliphatic carbocycles. The van der Waals surface area contributed by atoms with Crippen LogP contribution in [0.25, 0.3) is 0 Å². The molecule has 92 valence electrons. The molecule has 3 N–H and O–H groups in total. The summed E-state index contributed by atoms with van der Waals surface area (Å²) in [5.41, 5.74) is 0. The van der Waals surface area contributed by atoms with Crippen molar-refractivity contribution in [2.45, 2.75) is 64.6 Å². The monoisotopic (exact) mass is 217 g/mol. The molecule has 0 spiro atoms. The second-order valence-electron chi connectivity index (χ2n) is 4.44. The Labute approximate surface area is 93.9 Å². The van der Waals surface area contributed by atoms with Gasteiger partial charge in [0, 0.05) is 0 Å². The van der Waals surface area contributed by atoms with Crippen molar-refractivity contribution in [1.29, 1.82) is 0 Å². The molecule has 3 heteroatoms. The molecule has 0 aromatic heterocycles. The summed E-state index contributed by atoms with van der Waals surface area (Å²) in [6.45, 7) is 5.76. The first kappa shape index (κ1) is 14.9. The zero-order valence-electron chi connectivity index (χ0n) is 10.2. The molecule has 2 unspecified atom stereocenters. The topological polar surface area (TPSA) is 52.5 Å². The molecule has 0 radical (unpaired) electrons. The first-order valence-corrected chi connectivity index (χ1v) is 6.19. The lowest BCUT2D eigenvalue weighted by molar-refractivity contribution is 0.180. The summed E-state index contributed by atoms with van der Waals surface area (Å²) in [5.74, 6) is 0. The van der Waals surface area contributed by atoms with Crippen molar-refractivity contribution in [1.82, 2.24) is 5.32 Å². The fraction of sp³-hybridized carbons (Fsp3) is 1.00. The van der Waals surface area contributed by atoms with E-state index in [-0.39, 0.29) is 12.2 Å². The lowest BCUT2D eigenvalue weighted by Gasteiger charge is -2.06. The number of hydrogen-bond acceptors (Lipinski definition) is 3. The van der Waals surface area contributed by atoms with Crippen LogP contribution in [0, 0.1) is 0 Å². The Balaban J connectivity index is 2.93. The summed E-state index contributed by atoms with van der Waals surface area (Å²) in [6, 6.07) is 0. The Bertz CT molecular complexity index is 113. The molecule has 0 aromatic rings. The smallest absolute Gasteiger partial charge is 0.0512 e. The molecular weight excluding hydrogens is 190 g/mol. The Hall–Kier alpha value is -0.120. The zero-order valence-corrected chi connectivity index (χ0v) is 10.2. The van der Waals surface area contributed by atoms with Gasteiger partial charge in [0.1, 0.15) is 0 Å². The van der Waals surface area contributed by atoms with Crippen molar-refractivity contribution in [3.05, 3.63) is 0 Å². The fourth-order valence-electron chi connectivity index (χ4n) is 1.50. The highest BCUT2D eigenvalue weighted by Crippen LogP contribution is 2.00. The molecule has 0 rings (SSSR count). The summed E-state index contributed by atoms with van der Waals surface area (Å²) >= 11 is 0. The Morgan fingerprint density at radius 2 is 1.20 bits per heavy atom. The molecule has 0 amide bonds. The van der Waals surface area contributed by atoms with E-state index in [0.717, 1.165) is 51.6 Å². The normalized spacial score (nSPS) is 15.2. The lowest BCUT2D eigenvalue weighted by Crippen LogP contribution is -2.17. The Morgan fingerprint density at radius 1 is 0.800 bits per heavy atom. The molecule has 0 fully saturated rings. The maximum absolute atomic E-state index is 9.03. The number of nitrogens with one attached hydrogen (secondary N) is 1. The van der Waals surface area contributed by atoms with Gasteiger partial charge in [-0.25, -0.2) is 0 Å². The summed E-state index contributed by atoms with van der Waals surface area (Å²) in [5, 5.41) is 21.4. The Kier molecular flexibility index (Phi) is 10.3. The highest BCUT2D eigenvalue weighted by atomic mass is 16.3. The molecule has 0 saturated heterocycles. The molecule has 0 aliphatic heterocycles. The number of aliphatic hydroxyl groups excluding tert-OH is 2. The maximum Gasteiger partial charge on any atom is 0.0512 e. The number of hydrogen-bond donors (Lipinski definition) is 3. The predicted molar refractivity (Wildman–Crippen MR) is 63.9 cm³/mol. The minimum atomic E-state index is -0.156. The van der Waals surface area contributed by atoms with Crippen LogP contribution < -0.4 is 5.32 Å². The van der Waals surface area contributed by atoms with Crippen molar-refractivity contribution in [3.8, 4) is 0 Å². The van der Waals surface area contributed by atoms with E-state index < -0.39 is 0 Å². The van der Waals surface area contributed by atoms with Crippen LogP contribution in [0.2, 0.25) is 0 Å². The van der Waals surface area contributed by atoms with Gasteiger partial charge in [0.05, 0.1) is 12.2 Å². The molecule has 0 heterocycles. The fourth-order valence-corrected chi connectivity index (χ4v) is 1.50. The largest absolute Gasteiger partial charge is 0.393 e. The molecule has 2 atom stereocenters. The van der Waals surface area contributed by atoms with Crippen molar-refractivity contribution < 1.29 is 10.2 Å². The van der Waals surface area contributed by atoms with Crippen LogP contribution in [0.5, 0.6) is 0 Å². The van der Waals surface area contributed by atoms with Gasteiger partial charge in [-0.2, -0.15) is 0 Å². The lowest BCUT2D eigenvalue weighted by atomic mass is 10.1. The van der Waals surface area contributed by atoms with E-state index in [4.69, 9.17) is 10.2 Å². The van der Waals surface area contributed by atoms with Crippen LogP contribution in [0.4, 0.5) is 0 Å². The van der Waals surface area contributed by atoms with Gasteiger partial charge in [-0.3, -0.25) is 0 Å². The van der Waals surface area contributed by atoms with Gasteiger partial charge in [-0.1, -0.05) is 0 Å². The molecular formula is C12H27NO2. The molecule has 3 nitrogen and oxygen atoms in total.